The number of hydrogen-bond acceptors (Lipinski definition) is 5. The van der Waals surface area contributed by atoms with Gasteiger partial charge in [0.05, 0.1) is 7.11 Å². The summed E-state index contributed by atoms with van der Waals surface area (Å²) in [6.07, 6.45) is 0.186. The van der Waals surface area contributed by atoms with E-state index in [9.17, 15) is 14.4 Å². The normalized spacial score (nSPS) is 10.1. The standard InChI is InChI=1S/C7H11NO5/c1-7(2,5(10)12-3)6(11)13-8-4-9/h4H,1-3H3,(H,8,9). The molecule has 6 nitrogen and oxygen atoms in total. The number of hydrogen-bond donors (Lipinski definition) is 1. The van der Waals surface area contributed by atoms with Crippen molar-refractivity contribution in [3.05, 3.63) is 0 Å². The van der Waals surface area contributed by atoms with Gasteiger partial charge in [-0.2, -0.15) is 5.48 Å². The first kappa shape index (κ1) is 11.4. The summed E-state index contributed by atoms with van der Waals surface area (Å²) < 4.78 is 4.36. The molecule has 0 aliphatic carbocycles. The number of carbonyl (C=O) groups excluding carboxylic acids is 3. The summed E-state index contributed by atoms with van der Waals surface area (Å²) in [5, 5.41) is 0. The van der Waals surface area contributed by atoms with E-state index in [-0.39, 0.29) is 6.41 Å². The van der Waals surface area contributed by atoms with Gasteiger partial charge in [-0.15, -0.1) is 0 Å². The molecule has 0 aliphatic heterocycles. The summed E-state index contributed by atoms with van der Waals surface area (Å²) >= 11 is 0. The van der Waals surface area contributed by atoms with Gasteiger partial charge in [0, 0.05) is 0 Å². The predicted molar refractivity (Wildman–Crippen MR) is 41.1 cm³/mol. The molecular weight excluding hydrogens is 178 g/mol. The van der Waals surface area contributed by atoms with Crippen LogP contribution >= 0.6 is 0 Å². The third-order valence-electron chi connectivity index (χ3n) is 1.41. The van der Waals surface area contributed by atoms with Crippen molar-refractivity contribution in [2.24, 2.45) is 5.41 Å². The molecule has 0 aromatic carbocycles. The highest BCUT2D eigenvalue weighted by Gasteiger charge is 2.39. The number of methoxy groups -OCH3 is 1. The highest BCUT2D eigenvalue weighted by molar-refractivity contribution is 5.99. The molecule has 0 aliphatic rings. The van der Waals surface area contributed by atoms with E-state index in [1.807, 2.05) is 0 Å². The van der Waals surface area contributed by atoms with Gasteiger partial charge < -0.3 is 9.57 Å². The van der Waals surface area contributed by atoms with Gasteiger partial charge in [-0.05, 0) is 13.8 Å². The molecule has 0 atom stereocenters. The summed E-state index contributed by atoms with van der Waals surface area (Å²) in [6, 6.07) is 0. The first-order valence-corrected chi connectivity index (χ1v) is 3.45. The number of ether oxygens (including phenoxy) is 1. The van der Waals surface area contributed by atoms with Gasteiger partial charge >= 0.3 is 11.9 Å². The van der Waals surface area contributed by atoms with E-state index < -0.39 is 17.4 Å². The molecule has 1 N–H and O–H groups in total. The van der Waals surface area contributed by atoms with Crippen molar-refractivity contribution in [3.63, 3.8) is 0 Å². The first-order valence-electron chi connectivity index (χ1n) is 3.45. The van der Waals surface area contributed by atoms with Crippen LogP contribution in [-0.4, -0.2) is 25.5 Å². The SMILES string of the molecule is COC(=O)C(C)(C)C(=O)ONC=O. The molecular formula is C7H11NO5. The lowest BCUT2D eigenvalue weighted by Crippen LogP contribution is -2.38. The minimum atomic E-state index is -1.43. The topological polar surface area (TPSA) is 81.7 Å². The second kappa shape index (κ2) is 4.44. The Morgan fingerprint density at radius 3 is 2.23 bits per heavy atom. The second-order valence-electron chi connectivity index (χ2n) is 2.74. The molecule has 1 amide bonds. The lowest BCUT2D eigenvalue weighted by molar-refractivity contribution is -0.174. The molecule has 0 bridgehead atoms. The van der Waals surface area contributed by atoms with Gasteiger partial charge in [-0.25, -0.2) is 4.79 Å². The van der Waals surface area contributed by atoms with Crippen molar-refractivity contribution in [1.29, 1.82) is 0 Å². The number of carbonyl (C=O) groups is 3. The third kappa shape index (κ3) is 2.73. The largest absolute Gasteiger partial charge is 0.468 e. The second-order valence-corrected chi connectivity index (χ2v) is 2.74. The highest BCUT2D eigenvalue weighted by atomic mass is 16.7. The molecule has 74 valence electrons. The fourth-order valence-electron chi connectivity index (χ4n) is 0.544. The van der Waals surface area contributed by atoms with Crippen LogP contribution in [0.5, 0.6) is 0 Å². The van der Waals surface area contributed by atoms with Crippen molar-refractivity contribution >= 4 is 18.3 Å². The van der Waals surface area contributed by atoms with E-state index >= 15 is 0 Å². The van der Waals surface area contributed by atoms with Gasteiger partial charge in [-0.3, -0.25) is 9.59 Å². The van der Waals surface area contributed by atoms with Crippen LogP contribution in [0.25, 0.3) is 0 Å². The van der Waals surface area contributed by atoms with E-state index in [1.54, 1.807) is 5.48 Å². The number of nitrogens with one attached hydrogen (secondary N) is 1. The van der Waals surface area contributed by atoms with Gasteiger partial charge in [0.25, 0.3) is 0 Å². The van der Waals surface area contributed by atoms with Gasteiger partial charge in [0.2, 0.25) is 6.41 Å². The van der Waals surface area contributed by atoms with Crippen LogP contribution in [-0.2, 0) is 24.0 Å². The first-order chi connectivity index (χ1) is 5.96. The minimum absolute atomic E-state index is 0.186. The van der Waals surface area contributed by atoms with Gasteiger partial charge in [-0.1, -0.05) is 0 Å². The van der Waals surface area contributed by atoms with E-state index in [1.165, 1.54) is 13.8 Å². The molecule has 0 fully saturated rings. The molecule has 0 rings (SSSR count). The van der Waals surface area contributed by atoms with Crippen LogP contribution in [0.2, 0.25) is 0 Å². The Balaban J connectivity index is 4.35. The maximum absolute atomic E-state index is 11.1. The van der Waals surface area contributed by atoms with Gasteiger partial charge in [0.1, 0.15) is 0 Å². The summed E-state index contributed by atoms with van der Waals surface area (Å²) in [5.74, 6) is -1.61. The fraction of sp³-hybridized carbons (Fsp3) is 0.571. The molecule has 13 heavy (non-hydrogen) atoms. The Labute approximate surface area is 75.1 Å². The van der Waals surface area contributed by atoms with Crippen LogP contribution in [0.4, 0.5) is 0 Å². The van der Waals surface area contributed by atoms with E-state index in [0.29, 0.717) is 0 Å². The average Bonchev–Trinajstić information content (AvgIpc) is 2.12. The lowest BCUT2D eigenvalue weighted by atomic mass is 9.94. The Bertz CT molecular complexity index is 223. The number of rotatable bonds is 4. The molecule has 0 radical (unpaired) electrons. The van der Waals surface area contributed by atoms with Gasteiger partial charge in [0.15, 0.2) is 5.41 Å². The number of amides is 1. The van der Waals surface area contributed by atoms with Crippen LogP contribution < -0.4 is 5.48 Å². The lowest BCUT2D eigenvalue weighted by Gasteiger charge is -2.17. The fourth-order valence-corrected chi connectivity index (χ4v) is 0.544. The van der Waals surface area contributed by atoms with E-state index in [0.717, 1.165) is 7.11 Å². The molecule has 0 saturated carbocycles. The van der Waals surface area contributed by atoms with Crippen molar-refractivity contribution in [1.82, 2.24) is 5.48 Å². The third-order valence-corrected chi connectivity index (χ3v) is 1.41. The highest BCUT2D eigenvalue weighted by Crippen LogP contribution is 2.18. The molecule has 0 aromatic heterocycles. The summed E-state index contributed by atoms with van der Waals surface area (Å²) in [4.78, 5) is 36.1. The number of esters is 1. The Hall–Kier alpha value is -1.59. The minimum Gasteiger partial charge on any atom is -0.468 e. The number of hydroxylamine groups is 1. The molecule has 0 unspecified atom stereocenters. The zero-order valence-corrected chi connectivity index (χ0v) is 7.62. The maximum atomic E-state index is 11.1. The monoisotopic (exact) mass is 189 g/mol. The summed E-state index contributed by atoms with van der Waals surface area (Å²) in [5.41, 5.74) is 0.269. The van der Waals surface area contributed by atoms with Crippen molar-refractivity contribution < 1.29 is 24.0 Å². The Kier molecular flexibility index (Phi) is 3.90. The molecule has 0 heterocycles. The summed E-state index contributed by atoms with van der Waals surface area (Å²) in [7, 11) is 1.16. The maximum Gasteiger partial charge on any atom is 0.348 e. The van der Waals surface area contributed by atoms with Crippen LogP contribution in [0.15, 0.2) is 0 Å². The van der Waals surface area contributed by atoms with Crippen LogP contribution in [0, 0.1) is 5.41 Å². The van der Waals surface area contributed by atoms with Crippen molar-refractivity contribution in [2.45, 2.75) is 13.8 Å². The zero-order valence-electron chi connectivity index (χ0n) is 7.62. The average molecular weight is 189 g/mol. The van der Waals surface area contributed by atoms with Crippen molar-refractivity contribution in [3.8, 4) is 0 Å². The van der Waals surface area contributed by atoms with Crippen LogP contribution in [0.3, 0.4) is 0 Å². The van der Waals surface area contributed by atoms with Crippen molar-refractivity contribution in [2.75, 3.05) is 7.11 Å². The van der Waals surface area contributed by atoms with E-state index in [4.69, 9.17) is 0 Å². The molecule has 6 heteroatoms. The predicted octanol–water partition coefficient (Wildman–Crippen LogP) is -0.610. The van der Waals surface area contributed by atoms with E-state index in [2.05, 4.69) is 9.57 Å². The Morgan fingerprint density at radius 2 is 1.85 bits per heavy atom. The molecule has 0 aromatic rings. The smallest absolute Gasteiger partial charge is 0.348 e. The molecule has 0 saturated heterocycles. The zero-order chi connectivity index (χ0) is 10.5. The molecule has 0 spiro atoms. The quantitative estimate of drug-likeness (QED) is 0.276. The Morgan fingerprint density at radius 1 is 1.31 bits per heavy atom. The van der Waals surface area contributed by atoms with Crippen LogP contribution in [0.1, 0.15) is 13.8 Å². The summed E-state index contributed by atoms with van der Waals surface area (Å²) in [6.45, 7) is 2.65.